The number of hydrogen-bond donors (Lipinski definition) is 2. The molecule has 0 radical (unpaired) electrons. The highest BCUT2D eigenvalue weighted by molar-refractivity contribution is 5.12. The molecule has 0 spiro atoms. The number of aliphatic hydroxyl groups is 1. The lowest BCUT2D eigenvalue weighted by Gasteiger charge is -2.12. The number of aryl methyl sites for hydroxylation is 1. The molecule has 5 heteroatoms. The summed E-state index contributed by atoms with van der Waals surface area (Å²) in [6.45, 7) is 6.35. The lowest BCUT2D eigenvalue weighted by Crippen LogP contribution is -2.25. The van der Waals surface area contributed by atoms with Crippen molar-refractivity contribution in [3.05, 3.63) is 11.4 Å². The molecule has 1 heterocycles. The van der Waals surface area contributed by atoms with E-state index in [1.54, 1.807) is 11.6 Å². The monoisotopic (exact) mass is 184 g/mol. The smallest absolute Gasteiger partial charge is 0.116 e. The van der Waals surface area contributed by atoms with E-state index < -0.39 is 6.10 Å². The van der Waals surface area contributed by atoms with E-state index in [9.17, 15) is 5.11 Å². The van der Waals surface area contributed by atoms with E-state index in [2.05, 4.69) is 10.3 Å². The fourth-order valence-corrected chi connectivity index (χ4v) is 1.20. The Morgan fingerprint density at radius 1 is 1.62 bits per heavy atom. The van der Waals surface area contributed by atoms with Crippen LogP contribution in [0.25, 0.3) is 0 Å². The Balaban J connectivity index is 2.95. The average Bonchev–Trinajstić information content (AvgIpc) is 2.45. The van der Waals surface area contributed by atoms with Gasteiger partial charge in [0.1, 0.15) is 11.8 Å². The summed E-state index contributed by atoms with van der Waals surface area (Å²) < 4.78 is 1.74. The molecule has 0 saturated heterocycles. The molecule has 2 atom stereocenters. The molecule has 1 aromatic heterocycles. The van der Waals surface area contributed by atoms with Gasteiger partial charge in [-0.15, -0.1) is 5.10 Å². The van der Waals surface area contributed by atoms with Gasteiger partial charge < -0.3 is 10.8 Å². The predicted octanol–water partition coefficient (Wildman–Crippen LogP) is -0.0130. The highest BCUT2D eigenvalue weighted by Crippen LogP contribution is 2.16. The second-order valence-corrected chi connectivity index (χ2v) is 3.18. The molecule has 0 aliphatic heterocycles. The zero-order valence-electron chi connectivity index (χ0n) is 8.23. The van der Waals surface area contributed by atoms with E-state index in [0.717, 1.165) is 12.2 Å². The molecule has 74 valence electrons. The molecule has 2 unspecified atom stereocenters. The second-order valence-electron chi connectivity index (χ2n) is 3.18. The predicted molar refractivity (Wildman–Crippen MR) is 49.0 cm³/mol. The highest BCUT2D eigenvalue weighted by atomic mass is 16.3. The third-order valence-corrected chi connectivity index (χ3v) is 2.10. The van der Waals surface area contributed by atoms with E-state index in [1.807, 2.05) is 13.8 Å². The molecule has 0 amide bonds. The maximum absolute atomic E-state index is 9.65. The second kappa shape index (κ2) is 3.85. The van der Waals surface area contributed by atoms with Crippen molar-refractivity contribution in [3.63, 3.8) is 0 Å². The molecule has 13 heavy (non-hydrogen) atoms. The minimum atomic E-state index is -0.722. The molecule has 0 bridgehead atoms. The van der Waals surface area contributed by atoms with E-state index in [0.29, 0.717) is 5.69 Å². The molecule has 0 aliphatic carbocycles. The minimum absolute atomic E-state index is 0.319. The molecule has 1 aromatic rings. The molecule has 0 fully saturated rings. The molecule has 5 nitrogen and oxygen atoms in total. The van der Waals surface area contributed by atoms with Crippen molar-refractivity contribution in [2.45, 2.75) is 39.5 Å². The third-order valence-electron chi connectivity index (χ3n) is 2.10. The standard InChI is InChI=1S/C8H16N4O/c1-4-12-6(3)7(10-11-12)8(13)5(2)9/h5,8,13H,4,9H2,1-3H3. The molecule has 3 N–H and O–H groups in total. The van der Waals surface area contributed by atoms with Crippen molar-refractivity contribution in [1.82, 2.24) is 15.0 Å². The third kappa shape index (κ3) is 1.87. The zero-order chi connectivity index (χ0) is 10.0. The lowest BCUT2D eigenvalue weighted by molar-refractivity contribution is 0.148. The Bertz CT molecular complexity index is 282. The first-order valence-corrected chi connectivity index (χ1v) is 4.41. The maximum atomic E-state index is 9.65. The summed E-state index contributed by atoms with van der Waals surface area (Å²) in [5.74, 6) is 0. The van der Waals surface area contributed by atoms with Gasteiger partial charge in [0.2, 0.25) is 0 Å². The van der Waals surface area contributed by atoms with Gasteiger partial charge in [0, 0.05) is 12.6 Å². The Kier molecular flexibility index (Phi) is 3.00. The van der Waals surface area contributed by atoms with Gasteiger partial charge in [0.05, 0.1) is 5.69 Å². The number of nitrogens with two attached hydrogens (primary N) is 1. The number of aliphatic hydroxyl groups excluding tert-OH is 1. The van der Waals surface area contributed by atoms with Gasteiger partial charge in [-0.25, -0.2) is 4.68 Å². The van der Waals surface area contributed by atoms with Crippen molar-refractivity contribution < 1.29 is 5.11 Å². The molecular formula is C8H16N4O. The summed E-state index contributed by atoms with van der Waals surface area (Å²) in [5, 5.41) is 17.4. The van der Waals surface area contributed by atoms with Crippen LogP contribution in [0.4, 0.5) is 0 Å². The Morgan fingerprint density at radius 2 is 2.23 bits per heavy atom. The van der Waals surface area contributed by atoms with Crippen LogP contribution in [0.1, 0.15) is 31.3 Å². The Morgan fingerprint density at radius 3 is 2.62 bits per heavy atom. The van der Waals surface area contributed by atoms with Crippen LogP contribution in [-0.4, -0.2) is 26.1 Å². The fourth-order valence-electron chi connectivity index (χ4n) is 1.20. The molecule has 0 saturated carbocycles. The quantitative estimate of drug-likeness (QED) is 0.692. The van der Waals surface area contributed by atoms with Crippen LogP contribution in [0, 0.1) is 6.92 Å². The largest absolute Gasteiger partial charge is 0.385 e. The number of hydrogen-bond acceptors (Lipinski definition) is 4. The van der Waals surface area contributed by atoms with E-state index in [1.165, 1.54) is 0 Å². The van der Waals surface area contributed by atoms with Crippen LogP contribution in [0.2, 0.25) is 0 Å². The Hall–Kier alpha value is -0.940. The first kappa shape index (κ1) is 10.1. The van der Waals surface area contributed by atoms with Crippen LogP contribution in [0.5, 0.6) is 0 Å². The first-order chi connectivity index (χ1) is 6.07. The van der Waals surface area contributed by atoms with Gasteiger partial charge >= 0.3 is 0 Å². The van der Waals surface area contributed by atoms with Crippen LogP contribution < -0.4 is 5.73 Å². The van der Waals surface area contributed by atoms with Gasteiger partial charge in [-0.05, 0) is 20.8 Å². The van der Waals surface area contributed by atoms with Crippen LogP contribution in [0.15, 0.2) is 0 Å². The normalized spacial score (nSPS) is 15.8. The summed E-state index contributed by atoms with van der Waals surface area (Å²) in [6.07, 6.45) is -0.722. The van der Waals surface area contributed by atoms with E-state index in [-0.39, 0.29) is 6.04 Å². The maximum Gasteiger partial charge on any atom is 0.116 e. The van der Waals surface area contributed by atoms with Gasteiger partial charge in [-0.2, -0.15) is 0 Å². The van der Waals surface area contributed by atoms with Crippen molar-refractivity contribution in [2.75, 3.05) is 0 Å². The van der Waals surface area contributed by atoms with Crippen LogP contribution in [-0.2, 0) is 6.54 Å². The van der Waals surface area contributed by atoms with Gasteiger partial charge in [-0.1, -0.05) is 5.21 Å². The van der Waals surface area contributed by atoms with Crippen LogP contribution in [0.3, 0.4) is 0 Å². The average molecular weight is 184 g/mol. The van der Waals surface area contributed by atoms with Crippen molar-refractivity contribution in [1.29, 1.82) is 0 Å². The molecule has 1 rings (SSSR count). The van der Waals surface area contributed by atoms with Gasteiger partial charge in [0.25, 0.3) is 0 Å². The van der Waals surface area contributed by atoms with Crippen molar-refractivity contribution in [2.24, 2.45) is 5.73 Å². The fraction of sp³-hybridized carbons (Fsp3) is 0.750. The lowest BCUT2D eigenvalue weighted by atomic mass is 10.1. The van der Waals surface area contributed by atoms with Crippen molar-refractivity contribution >= 4 is 0 Å². The number of aromatic nitrogens is 3. The first-order valence-electron chi connectivity index (χ1n) is 4.41. The van der Waals surface area contributed by atoms with Crippen LogP contribution >= 0.6 is 0 Å². The zero-order valence-corrected chi connectivity index (χ0v) is 8.23. The molecular weight excluding hydrogens is 168 g/mol. The molecule has 0 aromatic carbocycles. The number of rotatable bonds is 3. The topological polar surface area (TPSA) is 77.0 Å². The number of nitrogens with zero attached hydrogens (tertiary/aromatic N) is 3. The van der Waals surface area contributed by atoms with E-state index >= 15 is 0 Å². The summed E-state index contributed by atoms with van der Waals surface area (Å²) >= 11 is 0. The summed E-state index contributed by atoms with van der Waals surface area (Å²) in [5.41, 5.74) is 7.02. The van der Waals surface area contributed by atoms with Gasteiger partial charge in [-0.3, -0.25) is 0 Å². The Labute approximate surface area is 77.6 Å². The minimum Gasteiger partial charge on any atom is -0.385 e. The highest BCUT2D eigenvalue weighted by Gasteiger charge is 2.19. The molecule has 0 aliphatic rings. The van der Waals surface area contributed by atoms with E-state index in [4.69, 9.17) is 5.73 Å². The summed E-state index contributed by atoms with van der Waals surface area (Å²) in [7, 11) is 0. The van der Waals surface area contributed by atoms with Crippen molar-refractivity contribution in [3.8, 4) is 0 Å². The summed E-state index contributed by atoms with van der Waals surface area (Å²) in [4.78, 5) is 0. The summed E-state index contributed by atoms with van der Waals surface area (Å²) in [6, 6.07) is -0.319. The van der Waals surface area contributed by atoms with Gasteiger partial charge in [0.15, 0.2) is 0 Å². The SMILES string of the molecule is CCn1nnc(C(O)C(C)N)c1C.